The van der Waals surface area contributed by atoms with Crippen LogP contribution < -0.4 is 0 Å². The number of hydrogen-bond donors (Lipinski definition) is 3. The second kappa shape index (κ2) is 6.26. The van der Waals surface area contributed by atoms with E-state index in [4.69, 9.17) is 18.9 Å². The van der Waals surface area contributed by atoms with Gasteiger partial charge >= 0.3 is 0 Å². The summed E-state index contributed by atoms with van der Waals surface area (Å²) in [6.45, 7) is 4.47. The fraction of sp³-hybridized carbons (Fsp3) is 1.00. The molecule has 8 heteroatoms. The van der Waals surface area contributed by atoms with Crippen LogP contribution in [-0.4, -0.2) is 103 Å². The molecule has 0 aromatic carbocycles. The van der Waals surface area contributed by atoms with Gasteiger partial charge in [0.25, 0.3) is 0 Å². The molecule has 7 fully saturated rings. The number of piperidine rings is 1. The lowest BCUT2D eigenvalue weighted by Gasteiger charge is -2.69. The summed E-state index contributed by atoms with van der Waals surface area (Å²) in [7, 11) is 3.47. The predicted molar refractivity (Wildman–Crippen MR) is 112 cm³/mol. The van der Waals surface area contributed by atoms with Crippen molar-refractivity contribution in [3.63, 3.8) is 0 Å². The zero-order chi connectivity index (χ0) is 22.3. The van der Waals surface area contributed by atoms with E-state index in [-0.39, 0.29) is 48.0 Å². The molecule has 7 aliphatic rings. The van der Waals surface area contributed by atoms with E-state index in [0.29, 0.717) is 19.4 Å². The van der Waals surface area contributed by atoms with E-state index in [2.05, 4.69) is 11.8 Å². The van der Waals surface area contributed by atoms with Crippen molar-refractivity contribution in [2.75, 3.05) is 40.7 Å². The molecule has 2 heterocycles. The summed E-state index contributed by atoms with van der Waals surface area (Å²) in [6.07, 6.45) is 0.740. The fourth-order valence-electron chi connectivity index (χ4n) is 11.2. The highest BCUT2D eigenvalue weighted by molar-refractivity contribution is 5.42. The predicted octanol–water partition coefficient (Wildman–Crippen LogP) is -0.0175. The highest BCUT2D eigenvalue weighted by Gasteiger charge is 2.93. The first-order valence-corrected chi connectivity index (χ1v) is 12.5. The number of ether oxygens (including phenoxy) is 4. The fourth-order valence-corrected chi connectivity index (χ4v) is 11.2. The van der Waals surface area contributed by atoms with Crippen LogP contribution in [0.1, 0.15) is 32.6 Å². The van der Waals surface area contributed by atoms with Gasteiger partial charge < -0.3 is 34.3 Å². The first-order valence-electron chi connectivity index (χ1n) is 12.5. The van der Waals surface area contributed by atoms with E-state index in [1.807, 2.05) is 0 Å². The summed E-state index contributed by atoms with van der Waals surface area (Å²) in [6, 6.07) is -0.148. The molecule has 7 rings (SSSR count). The number of methoxy groups -OCH3 is 2. The number of likely N-dealkylation sites (N-methyl/N-ethyl adjacent to an activating group) is 1. The zero-order valence-electron chi connectivity index (χ0n) is 19.3. The number of hydrogen-bond acceptors (Lipinski definition) is 8. The molecule has 180 valence electrons. The van der Waals surface area contributed by atoms with Crippen LogP contribution in [0.25, 0.3) is 0 Å². The summed E-state index contributed by atoms with van der Waals surface area (Å²) in [4.78, 5) is 2.46. The molecule has 0 aromatic rings. The van der Waals surface area contributed by atoms with Crippen LogP contribution >= 0.6 is 0 Å². The van der Waals surface area contributed by atoms with Gasteiger partial charge in [-0.2, -0.15) is 0 Å². The first kappa shape index (κ1) is 21.0. The van der Waals surface area contributed by atoms with Crippen LogP contribution in [0.3, 0.4) is 0 Å². The summed E-state index contributed by atoms with van der Waals surface area (Å²) < 4.78 is 25.0. The Morgan fingerprint density at radius 3 is 2.69 bits per heavy atom. The van der Waals surface area contributed by atoms with Gasteiger partial charge in [0, 0.05) is 55.8 Å². The average Bonchev–Trinajstić information content (AvgIpc) is 3.36. The molecular formula is C24H37NO7. The Morgan fingerprint density at radius 2 is 1.97 bits per heavy atom. The molecule has 13 atom stereocenters. The quantitative estimate of drug-likeness (QED) is 0.549. The van der Waals surface area contributed by atoms with Gasteiger partial charge in [0.05, 0.1) is 37.1 Å². The Bertz CT molecular complexity index is 828. The van der Waals surface area contributed by atoms with Gasteiger partial charge in [-0.25, -0.2) is 0 Å². The number of aliphatic hydroxyl groups excluding tert-OH is 3. The van der Waals surface area contributed by atoms with Crippen molar-refractivity contribution >= 4 is 0 Å². The summed E-state index contributed by atoms with van der Waals surface area (Å²) in [5, 5.41) is 35.6. The van der Waals surface area contributed by atoms with Crippen LogP contribution in [0, 0.1) is 34.5 Å². The molecule has 5 saturated carbocycles. The maximum Gasteiger partial charge on any atom is 0.148 e. The van der Waals surface area contributed by atoms with Gasteiger partial charge in [-0.3, -0.25) is 4.90 Å². The Balaban J connectivity index is 1.55. The zero-order valence-corrected chi connectivity index (χ0v) is 19.3. The van der Waals surface area contributed by atoms with Crippen LogP contribution in [0.15, 0.2) is 0 Å². The van der Waals surface area contributed by atoms with Gasteiger partial charge in [0.1, 0.15) is 18.0 Å². The minimum absolute atomic E-state index is 0.0101. The molecule has 2 saturated heterocycles. The molecule has 0 amide bonds. The van der Waals surface area contributed by atoms with Gasteiger partial charge in [0.2, 0.25) is 0 Å². The van der Waals surface area contributed by atoms with E-state index < -0.39 is 34.9 Å². The Hall–Kier alpha value is -0.320. The van der Waals surface area contributed by atoms with E-state index >= 15 is 0 Å². The number of nitrogens with zero attached hydrogens (tertiary/aromatic N) is 1. The molecule has 3 N–H and O–H groups in total. The van der Waals surface area contributed by atoms with Gasteiger partial charge in [-0.05, 0) is 31.7 Å². The standard InChI is InChI=1S/C24H37NO7/c1-4-25-9-21(10-29-2)6-5-15(27)23-13-7-12-14(26)8-22(16(13)17(12)30-3)24(20(23)25,32-11-31-22)19(28)18(21)23/h12-20,26-28H,4-11H2,1-3H3/t12-,13-,14+,15+,16-,17+,18-,19+,20?,21+,22-,23+,24-/m1/s1. The molecule has 1 unspecified atom stereocenters. The molecule has 2 aliphatic heterocycles. The molecule has 8 nitrogen and oxygen atoms in total. The topological polar surface area (TPSA) is 101 Å². The van der Waals surface area contributed by atoms with Crippen LogP contribution in [0.2, 0.25) is 0 Å². The Morgan fingerprint density at radius 1 is 1.16 bits per heavy atom. The lowest BCUT2D eigenvalue weighted by Crippen LogP contribution is -2.81. The first-order chi connectivity index (χ1) is 15.4. The third-order valence-electron chi connectivity index (χ3n) is 11.5. The molecule has 5 aliphatic carbocycles. The van der Waals surface area contributed by atoms with Crippen molar-refractivity contribution in [2.24, 2.45) is 34.5 Å². The van der Waals surface area contributed by atoms with E-state index in [1.165, 1.54) is 0 Å². The van der Waals surface area contributed by atoms with Crippen molar-refractivity contribution in [1.82, 2.24) is 4.90 Å². The summed E-state index contributed by atoms with van der Waals surface area (Å²) in [5.41, 5.74) is -2.56. The maximum absolute atomic E-state index is 12.3. The molecule has 3 spiro atoms. The average molecular weight is 452 g/mol. The Labute approximate surface area is 189 Å². The van der Waals surface area contributed by atoms with Crippen molar-refractivity contribution < 1.29 is 34.3 Å². The summed E-state index contributed by atoms with van der Waals surface area (Å²) >= 11 is 0. The third kappa shape index (κ3) is 1.79. The van der Waals surface area contributed by atoms with Crippen LogP contribution in [0.4, 0.5) is 0 Å². The Kier molecular flexibility index (Phi) is 4.11. The van der Waals surface area contributed by atoms with E-state index in [1.54, 1.807) is 14.2 Å². The lowest BCUT2D eigenvalue weighted by molar-refractivity contribution is -0.283. The molecular weight excluding hydrogens is 414 g/mol. The van der Waals surface area contributed by atoms with Gasteiger partial charge in [-0.15, -0.1) is 0 Å². The molecule has 0 aromatic heterocycles. The summed E-state index contributed by atoms with van der Waals surface area (Å²) in [5.74, 6) is -0.0230. The SMILES string of the molecule is CCN1C[C@]2(COC)CC[C@H](O)[C@@]34C1[C@]1(OCO[C@@]15C[C@H](O)[C@H]1C[C@@H]3[C@@H]5[C@H]1OC)[C@@H](O)[C@H]24. The van der Waals surface area contributed by atoms with Gasteiger partial charge in [0.15, 0.2) is 0 Å². The van der Waals surface area contributed by atoms with Gasteiger partial charge in [-0.1, -0.05) is 6.92 Å². The lowest BCUT2D eigenvalue weighted by atomic mass is 9.42. The minimum Gasteiger partial charge on any atom is -0.393 e. The molecule has 7 bridgehead atoms. The smallest absolute Gasteiger partial charge is 0.148 e. The second-order valence-corrected chi connectivity index (χ2v) is 11.8. The molecule has 0 radical (unpaired) electrons. The molecule has 32 heavy (non-hydrogen) atoms. The minimum atomic E-state index is -0.983. The largest absolute Gasteiger partial charge is 0.393 e. The van der Waals surface area contributed by atoms with E-state index in [0.717, 1.165) is 25.9 Å². The second-order valence-electron chi connectivity index (χ2n) is 11.8. The van der Waals surface area contributed by atoms with Crippen molar-refractivity contribution in [3.05, 3.63) is 0 Å². The number of rotatable bonds is 4. The normalized spacial score (nSPS) is 64.1. The van der Waals surface area contributed by atoms with Crippen LogP contribution in [0.5, 0.6) is 0 Å². The van der Waals surface area contributed by atoms with E-state index in [9.17, 15) is 15.3 Å². The highest BCUT2D eigenvalue weighted by atomic mass is 16.7. The highest BCUT2D eigenvalue weighted by Crippen LogP contribution is 2.81. The maximum atomic E-state index is 12.3. The van der Waals surface area contributed by atoms with Crippen molar-refractivity contribution in [2.45, 2.75) is 74.3 Å². The van der Waals surface area contributed by atoms with Crippen LogP contribution in [-0.2, 0) is 18.9 Å². The van der Waals surface area contributed by atoms with Crippen molar-refractivity contribution in [3.8, 4) is 0 Å². The monoisotopic (exact) mass is 451 g/mol. The third-order valence-corrected chi connectivity index (χ3v) is 11.5. The number of fused-ring (bicyclic) bond motifs is 1. The van der Waals surface area contributed by atoms with Crippen molar-refractivity contribution in [1.29, 1.82) is 0 Å². The number of likely N-dealkylation sites (tertiary alicyclic amines) is 1. The number of aliphatic hydroxyl groups is 3.